The average molecular weight is 394 g/mol. The fourth-order valence-corrected chi connectivity index (χ4v) is 2.89. The molecule has 142 valence electrons. The van der Waals surface area contributed by atoms with Gasteiger partial charge in [0, 0.05) is 5.56 Å². The first kappa shape index (κ1) is 20.2. The minimum absolute atomic E-state index is 0.250. The Hall–Kier alpha value is -3.11. The maximum absolute atomic E-state index is 13.1. The number of rotatable bonds is 7. The van der Waals surface area contributed by atoms with Gasteiger partial charge in [-0.2, -0.15) is 4.72 Å². The average Bonchev–Trinajstić information content (AvgIpc) is 2.65. The van der Waals surface area contributed by atoms with E-state index in [2.05, 4.69) is 4.74 Å². The number of carbonyl (C=O) groups excluding carboxylic acids is 3. The van der Waals surface area contributed by atoms with Gasteiger partial charge >= 0.3 is 5.97 Å². The Labute approximate surface area is 154 Å². The van der Waals surface area contributed by atoms with Gasteiger partial charge in [-0.15, -0.1) is 0 Å². The first-order chi connectivity index (χ1) is 12.8. The zero-order chi connectivity index (χ0) is 19.9. The molecule has 10 heteroatoms. The zero-order valence-electron chi connectivity index (χ0n) is 13.8. The monoisotopic (exact) mass is 394 g/mol. The lowest BCUT2D eigenvalue weighted by Gasteiger charge is -2.08. The van der Waals surface area contributed by atoms with Crippen LogP contribution in [0, 0.1) is 5.82 Å². The highest BCUT2D eigenvalue weighted by molar-refractivity contribution is 7.89. The summed E-state index contributed by atoms with van der Waals surface area (Å²) in [5, 5.41) is 2.02. The van der Waals surface area contributed by atoms with Crippen LogP contribution >= 0.6 is 0 Å². The van der Waals surface area contributed by atoms with Crippen LogP contribution in [0.25, 0.3) is 0 Å². The fraction of sp³-hybridized carbons (Fsp3) is 0.118. The van der Waals surface area contributed by atoms with Crippen LogP contribution in [0.2, 0.25) is 0 Å². The Balaban J connectivity index is 1.79. The van der Waals surface area contributed by atoms with Crippen LogP contribution in [0.3, 0.4) is 0 Å². The summed E-state index contributed by atoms with van der Waals surface area (Å²) in [4.78, 5) is 34.5. The molecule has 0 aliphatic heterocycles. The summed E-state index contributed by atoms with van der Waals surface area (Å²) in [7, 11) is -4.12. The van der Waals surface area contributed by atoms with Crippen LogP contribution in [0.1, 0.15) is 10.4 Å². The molecule has 0 unspecified atom stereocenters. The van der Waals surface area contributed by atoms with Gasteiger partial charge in [0.25, 0.3) is 11.8 Å². The van der Waals surface area contributed by atoms with Crippen molar-refractivity contribution in [3.63, 3.8) is 0 Å². The first-order valence-electron chi connectivity index (χ1n) is 7.58. The SMILES string of the molecule is O=C(COC(=O)CNS(=O)(=O)c1cccc(F)c1)NC(=O)c1ccccc1. The Bertz CT molecular complexity index is 947. The number of halogens is 1. The van der Waals surface area contributed by atoms with E-state index >= 15 is 0 Å². The summed E-state index contributed by atoms with van der Waals surface area (Å²) in [5.74, 6) is -3.33. The normalized spacial score (nSPS) is 10.9. The number of hydrogen-bond acceptors (Lipinski definition) is 6. The Morgan fingerprint density at radius 2 is 1.70 bits per heavy atom. The minimum Gasteiger partial charge on any atom is -0.455 e. The third kappa shape index (κ3) is 6.28. The number of esters is 1. The molecule has 8 nitrogen and oxygen atoms in total. The predicted molar refractivity (Wildman–Crippen MR) is 91.5 cm³/mol. The first-order valence-corrected chi connectivity index (χ1v) is 9.06. The summed E-state index contributed by atoms with van der Waals surface area (Å²) in [5.41, 5.74) is 0.250. The summed E-state index contributed by atoms with van der Waals surface area (Å²) < 4.78 is 43.4. The minimum atomic E-state index is -4.12. The lowest BCUT2D eigenvalue weighted by molar-refractivity contribution is -0.147. The van der Waals surface area contributed by atoms with Crippen LogP contribution in [0.4, 0.5) is 4.39 Å². The molecule has 0 atom stereocenters. The van der Waals surface area contributed by atoms with E-state index in [4.69, 9.17) is 0 Å². The number of imide groups is 1. The van der Waals surface area contributed by atoms with Crippen molar-refractivity contribution in [3.8, 4) is 0 Å². The number of sulfonamides is 1. The van der Waals surface area contributed by atoms with E-state index in [-0.39, 0.29) is 10.5 Å². The van der Waals surface area contributed by atoms with Gasteiger partial charge in [-0.05, 0) is 30.3 Å². The van der Waals surface area contributed by atoms with Gasteiger partial charge in [0.2, 0.25) is 10.0 Å². The van der Waals surface area contributed by atoms with Crippen molar-refractivity contribution in [2.45, 2.75) is 4.90 Å². The van der Waals surface area contributed by atoms with Crippen molar-refractivity contribution < 1.29 is 31.9 Å². The molecule has 0 spiro atoms. The van der Waals surface area contributed by atoms with Crippen LogP contribution in [0.5, 0.6) is 0 Å². The molecule has 0 bridgehead atoms. The van der Waals surface area contributed by atoms with Gasteiger partial charge < -0.3 is 4.74 Å². The topological polar surface area (TPSA) is 119 Å². The fourth-order valence-electron chi connectivity index (χ4n) is 1.89. The molecular formula is C17H15FN2O6S. The molecule has 0 saturated heterocycles. The smallest absolute Gasteiger partial charge is 0.321 e. The van der Waals surface area contributed by atoms with Gasteiger partial charge in [0.05, 0.1) is 4.90 Å². The molecule has 0 aromatic heterocycles. The van der Waals surface area contributed by atoms with Gasteiger partial charge in [-0.3, -0.25) is 19.7 Å². The van der Waals surface area contributed by atoms with Crippen LogP contribution < -0.4 is 10.0 Å². The van der Waals surface area contributed by atoms with Gasteiger partial charge in [0.15, 0.2) is 6.61 Å². The quantitative estimate of drug-likeness (QED) is 0.664. The largest absolute Gasteiger partial charge is 0.455 e. The van der Waals surface area contributed by atoms with E-state index in [0.717, 1.165) is 18.2 Å². The molecule has 27 heavy (non-hydrogen) atoms. The molecule has 0 aliphatic rings. The Morgan fingerprint density at radius 1 is 1.00 bits per heavy atom. The van der Waals surface area contributed by atoms with Gasteiger partial charge in [0.1, 0.15) is 12.4 Å². The molecule has 0 fully saturated rings. The number of benzene rings is 2. The van der Waals surface area contributed by atoms with Crippen molar-refractivity contribution in [1.82, 2.24) is 10.0 Å². The third-order valence-corrected chi connectivity index (χ3v) is 4.57. The van der Waals surface area contributed by atoms with Crippen molar-refractivity contribution in [2.24, 2.45) is 0 Å². The molecule has 2 rings (SSSR count). The molecule has 2 aromatic carbocycles. The lowest BCUT2D eigenvalue weighted by atomic mass is 10.2. The number of carbonyl (C=O) groups is 3. The maximum atomic E-state index is 13.1. The highest BCUT2D eigenvalue weighted by Crippen LogP contribution is 2.09. The summed E-state index contributed by atoms with van der Waals surface area (Å²) in [6.07, 6.45) is 0. The van der Waals surface area contributed by atoms with Crippen LogP contribution in [-0.2, 0) is 24.3 Å². The number of hydrogen-bond donors (Lipinski definition) is 2. The number of nitrogens with one attached hydrogen (secondary N) is 2. The van der Waals surface area contributed by atoms with Crippen molar-refractivity contribution >= 4 is 27.8 Å². The maximum Gasteiger partial charge on any atom is 0.321 e. The van der Waals surface area contributed by atoms with Crippen molar-refractivity contribution in [2.75, 3.05) is 13.2 Å². The second-order valence-electron chi connectivity index (χ2n) is 5.19. The molecular weight excluding hydrogens is 379 g/mol. The van der Waals surface area contributed by atoms with Crippen molar-refractivity contribution in [3.05, 3.63) is 66.0 Å². The highest BCUT2D eigenvalue weighted by atomic mass is 32.2. The van der Waals surface area contributed by atoms with Crippen LogP contribution in [0.15, 0.2) is 59.5 Å². The third-order valence-electron chi connectivity index (χ3n) is 3.17. The van der Waals surface area contributed by atoms with E-state index in [1.165, 1.54) is 18.2 Å². The van der Waals surface area contributed by atoms with E-state index < -0.39 is 46.8 Å². The van der Waals surface area contributed by atoms with E-state index in [0.29, 0.717) is 0 Å². The number of ether oxygens (including phenoxy) is 1. The van der Waals surface area contributed by atoms with Gasteiger partial charge in [-0.25, -0.2) is 12.8 Å². The highest BCUT2D eigenvalue weighted by Gasteiger charge is 2.18. The Kier molecular flexibility index (Phi) is 6.74. The molecule has 0 aliphatic carbocycles. The lowest BCUT2D eigenvalue weighted by Crippen LogP contribution is -2.36. The van der Waals surface area contributed by atoms with E-state index in [9.17, 15) is 27.2 Å². The molecule has 0 radical (unpaired) electrons. The van der Waals surface area contributed by atoms with Crippen molar-refractivity contribution in [1.29, 1.82) is 0 Å². The zero-order valence-corrected chi connectivity index (χ0v) is 14.7. The molecule has 2 N–H and O–H groups in total. The van der Waals surface area contributed by atoms with Crippen LogP contribution in [-0.4, -0.2) is 39.4 Å². The molecule has 0 heterocycles. The second kappa shape index (κ2) is 9.01. The summed E-state index contributed by atoms with van der Waals surface area (Å²) in [6, 6.07) is 12.1. The standard InChI is InChI=1S/C17H15FN2O6S/c18-13-7-4-8-14(9-13)27(24,25)19-10-16(22)26-11-15(21)20-17(23)12-5-2-1-3-6-12/h1-9,19H,10-11H2,(H,20,21,23). The van der Waals surface area contributed by atoms with E-state index in [1.54, 1.807) is 18.2 Å². The predicted octanol–water partition coefficient (Wildman–Crippen LogP) is 0.604. The van der Waals surface area contributed by atoms with Gasteiger partial charge in [-0.1, -0.05) is 24.3 Å². The molecule has 0 saturated carbocycles. The summed E-state index contributed by atoms with van der Waals surface area (Å²) in [6.45, 7) is -1.53. The molecule has 2 aromatic rings. The summed E-state index contributed by atoms with van der Waals surface area (Å²) >= 11 is 0. The molecule has 2 amide bonds. The second-order valence-corrected chi connectivity index (χ2v) is 6.95. The Morgan fingerprint density at radius 3 is 2.37 bits per heavy atom. The van der Waals surface area contributed by atoms with E-state index in [1.807, 2.05) is 10.0 Å². The number of amides is 2.